The van der Waals surface area contributed by atoms with Crippen LogP contribution >= 0.6 is 11.6 Å². The molecule has 1 rings (SSSR count). The van der Waals surface area contributed by atoms with Gasteiger partial charge in [-0.25, -0.2) is 4.39 Å². The highest BCUT2D eigenvalue weighted by atomic mass is 35.5. The Labute approximate surface area is 106 Å². The first kappa shape index (κ1) is 14.2. The zero-order valence-electron chi connectivity index (χ0n) is 9.72. The van der Waals surface area contributed by atoms with Crippen LogP contribution in [0.3, 0.4) is 0 Å². The van der Waals surface area contributed by atoms with E-state index in [0.717, 1.165) is 6.42 Å². The lowest BCUT2D eigenvalue weighted by atomic mass is 10.2. The predicted molar refractivity (Wildman–Crippen MR) is 68.7 cm³/mol. The van der Waals surface area contributed by atoms with E-state index in [1.807, 2.05) is 6.08 Å². The standard InChI is InChI=1S/C13H17ClFNO/c1-2-3-8-17-9-7-16-10-11-5-4-6-12(14)13(11)15/h2,4-6,16H,1,3,7-10H2. The van der Waals surface area contributed by atoms with Gasteiger partial charge < -0.3 is 10.1 Å². The molecule has 0 saturated heterocycles. The van der Waals surface area contributed by atoms with Crippen molar-refractivity contribution in [2.75, 3.05) is 19.8 Å². The Balaban J connectivity index is 2.18. The number of ether oxygens (including phenoxy) is 1. The third-order valence-corrected chi connectivity index (χ3v) is 2.53. The largest absolute Gasteiger partial charge is 0.380 e. The van der Waals surface area contributed by atoms with Crippen molar-refractivity contribution in [2.45, 2.75) is 13.0 Å². The SMILES string of the molecule is C=CCCOCCNCc1cccc(Cl)c1F. The zero-order valence-corrected chi connectivity index (χ0v) is 10.5. The Kier molecular flexibility index (Phi) is 6.86. The fourth-order valence-electron chi connectivity index (χ4n) is 1.32. The smallest absolute Gasteiger partial charge is 0.146 e. The molecule has 1 aromatic rings. The van der Waals surface area contributed by atoms with Crippen molar-refractivity contribution in [3.8, 4) is 0 Å². The van der Waals surface area contributed by atoms with E-state index < -0.39 is 0 Å². The molecule has 0 aliphatic carbocycles. The van der Waals surface area contributed by atoms with Crippen molar-refractivity contribution in [3.05, 3.63) is 47.3 Å². The normalized spacial score (nSPS) is 10.5. The second-order valence-corrected chi connectivity index (χ2v) is 3.99. The fourth-order valence-corrected chi connectivity index (χ4v) is 1.52. The number of hydrogen-bond donors (Lipinski definition) is 1. The first-order valence-corrected chi connectivity index (χ1v) is 5.95. The van der Waals surface area contributed by atoms with Crippen LogP contribution < -0.4 is 5.32 Å². The van der Waals surface area contributed by atoms with E-state index in [9.17, 15) is 4.39 Å². The summed E-state index contributed by atoms with van der Waals surface area (Å²) in [6.07, 6.45) is 2.66. The molecular weight excluding hydrogens is 241 g/mol. The maximum Gasteiger partial charge on any atom is 0.146 e. The number of rotatable bonds is 8. The van der Waals surface area contributed by atoms with Crippen molar-refractivity contribution in [1.82, 2.24) is 5.32 Å². The van der Waals surface area contributed by atoms with Crippen LogP contribution in [-0.4, -0.2) is 19.8 Å². The summed E-state index contributed by atoms with van der Waals surface area (Å²) in [7, 11) is 0. The molecule has 94 valence electrons. The van der Waals surface area contributed by atoms with Gasteiger partial charge in [0.05, 0.1) is 18.2 Å². The van der Waals surface area contributed by atoms with Crippen LogP contribution in [0.1, 0.15) is 12.0 Å². The average molecular weight is 258 g/mol. The van der Waals surface area contributed by atoms with Gasteiger partial charge in [0.1, 0.15) is 5.82 Å². The van der Waals surface area contributed by atoms with E-state index in [-0.39, 0.29) is 10.8 Å². The van der Waals surface area contributed by atoms with E-state index in [4.69, 9.17) is 16.3 Å². The van der Waals surface area contributed by atoms with Crippen LogP contribution in [-0.2, 0) is 11.3 Å². The van der Waals surface area contributed by atoms with Crippen molar-refractivity contribution in [2.24, 2.45) is 0 Å². The first-order chi connectivity index (χ1) is 8.25. The van der Waals surface area contributed by atoms with Crippen LogP contribution in [0.4, 0.5) is 4.39 Å². The maximum atomic E-state index is 13.5. The molecule has 1 N–H and O–H groups in total. The molecule has 0 amide bonds. The monoisotopic (exact) mass is 257 g/mol. The molecule has 0 heterocycles. The lowest BCUT2D eigenvalue weighted by Crippen LogP contribution is -2.20. The summed E-state index contributed by atoms with van der Waals surface area (Å²) in [6, 6.07) is 4.99. The minimum absolute atomic E-state index is 0.159. The molecule has 0 saturated carbocycles. The maximum absolute atomic E-state index is 13.5. The van der Waals surface area contributed by atoms with Crippen molar-refractivity contribution >= 4 is 11.6 Å². The third-order valence-electron chi connectivity index (χ3n) is 2.24. The summed E-state index contributed by atoms with van der Waals surface area (Å²) >= 11 is 5.67. The van der Waals surface area contributed by atoms with Crippen molar-refractivity contribution in [1.29, 1.82) is 0 Å². The van der Waals surface area contributed by atoms with Gasteiger partial charge in [-0.1, -0.05) is 29.8 Å². The van der Waals surface area contributed by atoms with Gasteiger partial charge in [0.25, 0.3) is 0 Å². The lowest BCUT2D eigenvalue weighted by Gasteiger charge is -2.07. The Morgan fingerprint density at radius 3 is 3.00 bits per heavy atom. The third kappa shape index (κ3) is 5.31. The molecule has 0 unspecified atom stereocenters. The molecule has 17 heavy (non-hydrogen) atoms. The summed E-state index contributed by atoms with van der Waals surface area (Å²) in [5.41, 5.74) is 0.573. The first-order valence-electron chi connectivity index (χ1n) is 5.58. The van der Waals surface area contributed by atoms with Crippen LogP contribution in [0.15, 0.2) is 30.9 Å². The van der Waals surface area contributed by atoms with Crippen LogP contribution in [0, 0.1) is 5.82 Å². The highest BCUT2D eigenvalue weighted by Gasteiger charge is 2.04. The number of hydrogen-bond acceptors (Lipinski definition) is 2. The molecule has 0 atom stereocenters. The van der Waals surface area contributed by atoms with E-state index in [1.54, 1.807) is 18.2 Å². The van der Waals surface area contributed by atoms with Gasteiger partial charge in [0.2, 0.25) is 0 Å². The highest BCUT2D eigenvalue weighted by molar-refractivity contribution is 6.30. The average Bonchev–Trinajstić information content (AvgIpc) is 2.33. The summed E-state index contributed by atoms with van der Waals surface area (Å²) < 4.78 is 18.8. The van der Waals surface area contributed by atoms with E-state index in [1.165, 1.54) is 0 Å². The van der Waals surface area contributed by atoms with Crippen LogP contribution in [0.2, 0.25) is 5.02 Å². The second-order valence-electron chi connectivity index (χ2n) is 3.58. The van der Waals surface area contributed by atoms with Crippen molar-refractivity contribution < 1.29 is 9.13 Å². The summed E-state index contributed by atoms with van der Waals surface area (Å²) in [5.74, 6) is -0.353. The van der Waals surface area contributed by atoms with Crippen LogP contribution in [0.25, 0.3) is 0 Å². The molecule has 0 aromatic heterocycles. The molecule has 2 nitrogen and oxygen atoms in total. The molecule has 4 heteroatoms. The zero-order chi connectivity index (χ0) is 12.5. The van der Waals surface area contributed by atoms with E-state index >= 15 is 0 Å². The Morgan fingerprint density at radius 2 is 2.24 bits per heavy atom. The second kappa shape index (κ2) is 8.23. The number of nitrogens with one attached hydrogen (secondary N) is 1. The van der Waals surface area contributed by atoms with Gasteiger partial charge in [-0.2, -0.15) is 0 Å². The van der Waals surface area contributed by atoms with Gasteiger partial charge in [0, 0.05) is 18.7 Å². The summed E-state index contributed by atoms with van der Waals surface area (Å²) in [4.78, 5) is 0. The topological polar surface area (TPSA) is 21.3 Å². The van der Waals surface area contributed by atoms with E-state index in [2.05, 4.69) is 11.9 Å². The van der Waals surface area contributed by atoms with E-state index in [0.29, 0.717) is 31.9 Å². The molecule has 0 aliphatic heterocycles. The van der Waals surface area contributed by atoms with Gasteiger partial charge >= 0.3 is 0 Å². The number of halogens is 2. The number of benzene rings is 1. The Morgan fingerprint density at radius 1 is 1.41 bits per heavy atom. The molecule has 0 radical (unpaired) electrons. The molecule has 0 aliphatic rings. The van der Waals surface area contributed by atoms with Gasteiger partial charge in [-0.05, 0) is 12.5 Å². The van der Waals surface area contributed by atoms with Gasteiger partial charge in [-0.3, -0.25) is 0 Å². The van der Waals surface area contributed by atoms with Crippen molar-refractivity contribution in [3.63, 3.8) is 0 Å². The highest BCUT2D eigenvalue weighted by Crippen LogP contribution is 2.17. The molecule has 0 fully saturated rings. The summed E-state index contributed by atoms with van der Waals surface area (Å²) in [6.45, 7) is 6.03. The Bertz CT molecular complexity index is 357. The predicted octanol–water partition coefficient (Wildman–Crippen LogP) is 3.16. The van der Waals surface area contributed by atoms with Gasteiger partial charge in [-0.15, -0.1) is 6.58 Å². The lowest BCUT2D eigenvalue weighted by molar-refractivity contribution is 0.140. The quantitative estimate of drug-likeness (QED) is 0.571. The molecule has 0 spiro atoms. The van der Waals surface area contributed by atoms with Gasteiger partial charge in [0.15, 0.2) is 0 Å². The van der Waals surface area contributed by atoms with Crippen LogP contribution in [0.5, 0.6) is 0 Å². The molecule has 1 aromatic carbocycles. The Hall–Kier alpha value is -0.900. The summed E-state index contributed by atoms with van der Waals surface area (Å²) in [5, 5.41) is 3.26. The minimum Gasteiger partial charge on any atom is -0.380 e. The molecule has 0 bridgehead atoms. The molecular formula is C13H17ClFNO. The fraction of sp³-hybridized carbons (Fsp3) is 0.385. The minimum atomic E-state index is -0.353.